The molecule has 0 saturated carbocycles. The van der Waals surface area contributed by atoms with E-state index in [1.165, 1.54) is 12.1 Å². The highest BCUT2D eigenvalue weighted by Crippen LogP contribution is 2.16. The van der Waals surface area contributed by atoms with Gasteiger partial charge in [0.2, 0.25) is 10.0 Å². The van der Waals surface area contributed by atoms with Gasteiger partial charge < -0.3 is 14.8 Å². The molecule has 3 N–H and O–H groups in total. The summed E-state index contributed by atoms with van der Waals surface area (Å²) in [7, 11) is -3.77. The van der Waals surface area contributed by atoms with Gasteiger partial charge in [0, 0.05) is 0 Å². The van der Waals surface area contributed by atoms with Gasteiger partial charge in [-0.2, -0.15) is 0 Å². The number of esters is 1. The van der Waals surface area contributed by atoms with Crippen molar-refractivity contribution in [2.75, 3.05) is 13.2 Å². The summed E-state index contributed by atoms with van der Waals surface area (Å²) in [6.07, 6.45) is 0.883. The van der Waals surface area contributed by atoms with Gasteiger partial charge in [-0.1, -0.05) is 19.1 Å². The maximum atomic E-state index is 12.0. The molecule has 0 unspecified atom stereocenters. The van der Waals surface area contributed by atoms with Crippen molar-refractivity contribution in [1.29, 1.82) is 0 Å². The summed E-state index contributed by atoms with van der Waals surface area (Å²) in [6.45, 7) is 3.87. The molecule has 1 atom stereocenters. The Balaban J connectivity index is 1.84. The van der Waals surface area contributed by atoms with Crippen LogP contribution < -0.4 is 15.2 Å². The van der Waals surface area contributed by atoms with Crippen LogP contribution >= 0.6 is 0 Å². The van der Waals surface area contributed by atoms with Crippen LogP contribution in [0.3, 0.4) is 0 Å². The molecule has 29 heavy (non-hydrogen) atoms. The lowest BCUT2D eigenvalue weighted by Gasteiger charge is -2.15. The minimum absolute atomic E-state index is 0.0141. The van der Waals surface area contributed by atoms with Crippen molar-refractivity contribution >= 4 is 21.9 Å². The molecule has 2 aromatic rings. The van der Waals surface area contributed by atoms with E-state index in [4.69, 9.17) is 14.6 Å². The van der Waals surface area contributed by atoms with E-state index in [-0.39, 0.29) is 4.90 Å². The summed E-state index contributed by atoms with van der Waals surface area (Å²) in [5.41, 5.74) is 0.994. The summed E-state index contributed by atoms with van der Waals surface area (Å²) >= 11 is 0. The molecule has 156 valence electrons. The number of hydrogen-bond acceptors (Lipinski definition) is 6. The predicted octanol–water partition coefficient (Wildman–Crippen LogP) is 2.16. The third-order valence-corrected chi connectivity index (χ3v) is 4.91. The molecule has 0 aromatic heterocycles. The zero-order valence-corrected chi connectivity index (χ0v) is 17.1. The number of amides is 1. The Labute approximate surface area is 170 Å². The van der Waals surface area contributed by atoms with Gasteiger partial charge in [0.15, 0.2) is 6.61 Å². The van der Waals surface area contributed by atoms with Crippen LogP contribution in [-0.4, -0.2) is 33.5 Å². The van der Waals surface area contributed by atoms with Crippen LogP contribution in [0.25, 0.3) is 0 Å². The lowest BCUT2D eigenvalue weighted by molar-refractivity contribution is -0.124. The van der Waals surface area contributed by atoms with Gasteiger partial charge in [0.25, 0.3) is 5.91 Å². The standard InChI is InChI=1S/C20H24N2O6S/c1-3-12-27-17-8-4-16(5-9-17)20(24)28-13-19(23)22-14(2)15-6-10-18(11-7-15)29(21,25)26/h4-11,14H,3,12-13H2,1-2H3,(H,22,23)(H2,21,25,26)/t14-/m1/s1. The number of hydrogen-bond donors (Lipinski definition) is 2. The first-order chi connectivity index (χ1) is 13.7. The molecule has 0 radical (unpaired) electrons. The second kappa shape index (κ2) is 10.0. The normalized spacial score (nSPS) is 12.1. The Morgan fingerprint density at radius 1 is 1.07 bits per heavy atom. The van der Waals surface area contributed by atoms with Crippen molar-refractivity contribution in [2.45, 2.75) is 31.2 Å². The molecular formula is C20H24N2O6S. The summed E-state index contributed by atoms with van der Waals surface area (Å²) in [5.74, 6) is -0.444. The summed E-state index contributed by atoms with van der Waals surface area (Å²) in [5, 5.41) is 7.73. The molecule has 0 fully saturated rings. The number of benzene rings is 2. The zero-order chi connectivity index (χ0) is 21.4. The lowest BCUT2D eigenvalue weighted by atomic mass is 10.1. The minimum Gasteiger partial charge on any atom is -0.494 e. The van der Waals surface area contributed by atoms with Gasteiger partial charge >= 0.3 is 5.97 Å². The summed E-state index contributed by atoms with van der Waals surface area (Å²) in [4.78, 5) is 24.1. The molecule has 2 rings (SSSR count). The molecule has 0 bridgehead atoms. The molecule has 2 aromatic carbocycles. The molecule has 0 heterocycles. The highest BCUT2D eigenvalue weighted by molar-refractivity contribution is 7.89. The first-order valence-corrected chi connectivity index (χ1v) is 10.6. The predicted molar refractivity (Wildman–Crippen MR) is 107 cm³/mol. The molecular weight excluding hydrogens is 396 g/mol. The van der Waals surface area contributed by atoms with Crippen molar-refractivity contribution in [3.63, 3.8) is 0 Å². The fraction of sp³-hybridized carbons (Fsp3) is 0.300. The number of rotatable bonds is 9. The zero-order valence-electron chi connectivity index (χ0n) is 16.3. The number of carbonyl (C=O) groups excluding carboxylic acids is 2. The summed E-state index contributed by atoms with van der Waals surface area (Å²) < 4.78 is 33.0. The molecule has 1 amide bonds. The fourth-order valence-corrected chi connectivity index (χ4v) is 2.95. The molecule has 0 spiro atoms. The third kappa shape index (κ3) is 6.88. The Morgan fingerprint density at radius 2 is 1.69 bits per heavy atom. The van der Waals surface area contributed by atoms with Crippen molar-refractivity contribution in [1.82, 2.24) is 5.32 Å². The van der Waals surface area contributed by atoms with Crippen LogP contribution in [0.4, 0.5) is 0 Å². The number of primary sulfonamides is 1. The first kappa shape index (κ1) is 22.4. The van der Waals surface area contributed by atoms with Crippen molar-refractivity contribution in [3.05, 3.63) is 59.7 Å². The average Bonchev–Trinajstić information content (AvgIpc) is 2.70. The van der Waals surface area contributed by atoms with E-state index in [9.17, 15) is 18.0 Å². The highest BCUT2D eigenvalue weighted by Gasteiger charge is 2.14. The van der Waals surface area contributed by atoms with E-state index in [2.05, 4.69) is 5.32 Å². The quantitative estimate of drug-likeness (QED) is 0.599. The molecule has 9 heteroatoms. The number of ether oxygens (including phenoxy) is 2. The van der Waals surface area contributed by atoms with Crippen molar-refractivity contribution < 1.29 is 27.5 Å². The van der Waals surface area contributed by atoms with E-state index in [0.29, 0.717) is 23.5 Å². The molecule has 0 aliphatic rings. The summed E-state index contributed by atoms with van der Waals surface area (Å²) in [6, 6.07) is 11.9. The van der Waals surface area contributed by atoms with Gasteiger partial charge in [0.1, 0.15) is 5.75 Å². The number of nitrogens with one attached hydrogen (secondary N) is 1. The SMILES string of the molecule is CCCOc1ccc(C(=O)OCC(=O)N[C@H](C)c2ccc(S(N)(=O)=O)cc2)cc1. The lowest BCUT2D eigenvalue weighted by Crippen LogP contribution is -2.31. The number of carbonyl (C=O) groups is 2. The highest BCUT2D eigenvalue weighted by atomic mass is 32.2. The Morgan fingerprint density at radius 3 is 2.24 bits per heavy atom. The van der Waals surface area contributed by atoms with E-state index in [1.807, 2.05) is 6.92 Å². The average molecular weight is 420 g/mol. The Hall–Kier alpha value is -2.91. The number of nitrogens with two attached hydrogens (primary N) is 1. The molecule has 0 saturated heterocycles. The number of sulfonamides is 1. The maximum Gasteiger partial charge on any atom is 0.338 e. The van der Waals surface area contributed by atoms with Gasteiger partial charge in [-0.3, -0.25) is 4.79 Å². The maximum absolute atomic E-state index is 12.0. The largest absolute Gasteiger partial charge is 0.494 e. The van der Waals surface area contributed by atoms with Crippen molar-refractivity contribution in [2.24, 2.45) is 5.14 Å². The van der Waals surface area contributed by atoms with Crippen LogP contribution in [-0.2, 0) is 19.6 Å². The van der Waals surface area contributed by atoms with E-state index < -0.39 is 34.5 Å². The Bertz CT molecular complexity index is 940. The van der Waals surface area contributed by atoms with Crippen LogP contribution in [0, 0.1) is 0 Å². The second-order valence-electron chi connectivity index (χ2n) is 6.35. The topological polar surface area (TPSA) is 125 Å². The molecule has 0 aliphatic heterocycles. The minimum atomic E-state index is -3.77. The fourth-order valence-electron chi connectivity index (χ4n) is 2.43. The van der Waals surface area contributed by atoms with Crippen LogP contribution in [0.5, 0.6) is 5.75 Å². The van der Waals surface area contributed by atoms with Gasteiger partial charge in [-0.05, 0) is 55.3 Å². The van der Waals surface area contributed by atoms with Gasteiger partial charge in [0.05, 0.1) is 23.1 Å². The van der Waals surface area contributed by atoms with Gasteiger partial charge in [-0.15, -0.1) is 0 Å². The first-order valence-electron chi connectivity index (χ1n) is 9.03. The van der Waals surface area contributed by atoms with Crippen LogP contribution in [0.15, 0.2) is 53.4 Å². The smallest absolute Gasteiger partial charge is 0.338 e. The van der Waals surface area contributed by atoms with Crippen molar-refractivity contribution in [3.8, 4) is 5.75 Å². The Kier molecular flexibility index (Phi) is 7.74. The van der Waals surface area contributed by atoms with Gasteiger partial charge in [-0.25, -0.2) is 18.4 Å². The second-order valence-corrected chi connectivity index (χ2v) is 7.91. The van der Waals surface area contributed by atoms with Crippen LogP contribution in [0.2, 0.25) is 0 Å². The van der Waals surface area contributed by atoms with E-state index in [0.717, 1.165) is 6.42 Å². The third-order valence-electron chi connectivity index (χ3n) is 3.98. The molecule has 8 nitrogen and oxygen atoms in total. The monoisotopic (exact) mass is 420 g/mol. The van der Waals surface area contributed by atoms with E-state index >= 15 is 0 Å². The molecule has 0 aliphatic carbocycles. The van der Waals surface area contributed by atoms with E-state index in [1.54, 1.807) is 43.3 Å². The van der Waals surface area contributed by atoms with Crippen LogP contribution in [0.1, 0.15) is 42.2 Å².